The average Bonchev–Trinajstić information content (AvgIpc) is 2.92. The Morgan fingerprint density at radius 1 is 1.48 bits per heavy atom. The van der Waals surface area contributed by atoms with Gasteiger partial charge in [0, 0.05) is 16.6 Å². The highest BCUT2D eigenvalue weighted by Gasteiger charge is 2.40. The number of thioether (sulfide) groups is 1. The van der Waals surface area contributed by atoms with Crippen molar-refractivity contribution in [3.05, 3.63) is 36.0 Å². The first-order valence-corrected chi connectivity index (χ1v) is 8.93. The molecule has 0 saturated carbocycles. The van der Waals surface area contributed by atoms with Crippen molar-refractivity contribution >= 4 is 28.5 Å². The maximum atomic E-state index is 12.3. The molecule has 0 aromatic carbocycles. The number of pyridine rings is 1. The van der Waals surface area contributed by atoms with Crippen LogP contribution in [-0.4, -0.2) is 27.0 Å². The van der Waals surface area contributed by atoms with E-state index in [2.05, 4.69) is 34.5 Å². The van der Waals surface area contributed by atoms with Gasteiger partial charge in [0.25, 0.3) is 5.91 Å². The van der Waals surface area contributed by atoms with Crippen LogP contribution in [0.4, 0.5) is 5.69 Å². The molecule has 0 spiro atoms. The predicted octanol–water partition coefficient (Wildman–Crippen LogP) is 2.27. The van der Waals surface area contributed by atoms with E-state index in [1.807, 2.05) is 19.9 Å². The van der Waals surface area contributed by atoms with E-state index >= 15 is 0 Å². The van der Waals surface area contributed by atoms with Crippen LogP contribution in [0.1, 0.15) is 39.8 Å². The van der Waals surface area contributed by atoms with Crippen molar-refractivity contribution in [1.29, 1.82) is 0 Å². The lowest BCUT2D eigenvalue weighted by atomic mass is 9.87. The van der Waals surface area contributed by atoms with Crippen molar-refractivity contribution in [1.82, 2.24) is 10.3 Å². The van der Waals surface area contributed by atoms with Gasteiger partial charge in [-0.1, -0.05) is 25.6 Å². The number of amides is 1. The topological polar surface area (TPSA) is 102 Å². The fourth-order valence-corrected chi connectivity index (χ4v) is 4.35. The number of rotatable bonds is 3. The minimum absolute atomic E-state index is 0.0342. The SMILES string of the molecule is CC1NC(C(=O)Nc2ccnc([C@]3(C)CC(C)(C)SC(N)=N3)c2)=CO1. The zero-order valence-corrected chi connectivity index (χ0v) is 15.6. The maximum absolute atomic E-state index is 12.3. The highest BCUT2D eigenvalue weighted by atomic mass is 32.2. The fraction of sp³-hybridized carbons (Fsp3) is 0.471. The zero-order chi connectivity index (χ0) is 18.2. The lowest BCUT2D eigenvalue weighted by Gasteiger charge is -2.38. The van der Waals surface area contributed by atoms with Crippen LogP contribution in [0.3, 0.4) is 0 Å². The summed E-state index contributed by atoms with van der Waals surface area (Å²) in [5.74, 6) is -0.255. The molecule has 1 aromatic rings. The molecule has 2 atom stereocenters. The number of aromatic nitrogens is 1. The number of nitrogens with zero attached hydrogens (tertiary/aromatic N) is 2. The molecule has 3 heterocycles. The summed E-state index contributed by atoms with van der Waals surface area (Å²) in [4.78, 5) is 21.4. The highest BCUT2D eigenvalue weighted by molar-refractivity contribution is 8.15. The number of carbonyl (C=O) groups is 1. The minimum Gasteiger partial charge on any atom is -0.476 e. The van der Waals surface area contributed by atoms with Crippen LogP contribution >= 0.6 is 11.8 Å². The summed E-state index contributed by atoms with van der Waals surface area (Å²) in [6.07, 6.45) is 3.70. The molecule has 0 saturated heterocycles. The number of carbonyl (C=O) groups excluding carboxylic acids is 1. The Kier molecular flexibility index (Phi) is 4.40. The Bertz CT molecular complexity index is 761. The van der Waals surface area contributed by atoms with Crippen LogP contribution < -0.4 is 16.4 Å². The molecular weight excluding hydrogens is 338 g/mol. The van der Waals surface area contributed by atoms with E-state index in [-0.39, 0.29) is 16.9 Å². The van der Waals surface area contributed by atoms with Crippen molar-refractivity contribution in [3.8, 4) is 0 Å². The van der Waals surface area contributed by atoms with Crippen molar-refractivity contribution in [2.45, 2.75) is 50.6 Å². The molecule has 134 valence electrons. The molecule has 0 bridgehead atoms. The van der Waals surface area contributed by atoms with E-state index < -0.39 is 5.54 Å². The van der Waals surface area contributed by atoms with Crippen molar-refractivity contribution in [3.63, 3.8) is 0 Å². The Balaban J connectivity index is 1.82. The van der Waals surface area contributed by atoms with Crippen molar-refractivity contribution in [2.24, 2.45) is 10.7 Å². The number of amidine groups is 1. The highest BCUT2D eigenvalue weighted by Crippen LogP contribution is 2.44. The summed E-state index contributed by atoms with van der Waals surface area (Å²) in [7, 11) is 0. The van der Waals surface area contributed by atoms with Gasteiger partial charge >= 0.3 is 0 Å². The van der Waals surface area contributed by atoms with Crippen LogP contribution in [0.15, 0.2) is 35.3 Å². The van der Waals surface area contributed by atoms with Gasteiger partial charge in [0.1, 0.15) is 17.5 Å². The van der Waals surface area contributed by atoms with Gasteiger partial charge in [-0.2, -0.15) is 0 Å². The third-order valence-corrected chi connectivity index (χ3v) is 5.07. The van der Waals surface area contributed by atoms with Gasteiger partial charge in [-0.3, -0.25) is 9.78 Å². The van der Waals surface area contributed by atoms with E-state index in [1.54, 1.807) is 24.0 Å². The largest absolute Gasteiger partial charge is 0.476 e. The molecule has 1 aromatic heterocycles. The summed E-state index contributed by atoms with van der Waals surface area (Å²) >= 11 is 1.57. The first kappa shape index (κ1) is 17.6. The predicted molar refractivity (Wildman–Crippen MR) is 99.9 cm³/mol. The number of aliphatic imine (C=N–C) groups is 1. The van der Waals surface area contributed by atoms with E-state index in [0.717, 1.165) is 12.1 Å². The molecule has 0 radical (unpaired) electrons. The van der Waals surface area contributed by atoms with Gasteiger partial charge in [-0.15, -0.1) is 0 Å². The quantitative estimate of drug-likeness (QED) is 0.763. The molecule has 25 heavy (non-hydrogen) atoms. The van der Waals surface area contributed by atoms with Crippen LogP contribution in [0, 0.1) is 0 Å². The Morgan fingerprint density at radius 3 is 2.88 bits per heavy atom. The van der Waals surface area contributed by atoms with Crippen molar-refractivity contribution < 1.29 is 9.53 Å². The number of ether oxygens (including phenoxy) is 1. The lowest BCUT2D eigenvalue weighted by molar-refractivity contribution is -0.113. The molecule has 2 aliphatic heterocycles. The van der Waals surface area contributed by atoms with E-state index in [4.69, 9.17) is 10.5 Å². The summed E-state index contributed by atoms with van der Waals surface area (Å²) in [5.41, 5.74) is 7.33. The van der Waals surface area contributed by atoms with Crippen molar-refractivity contribution in [2.75, 3.05) is 5.32 Å². The number of hydrogen-bond acceptors (Lipinski definition) is 7. The number of hydrogen-bond donors (Lipinski definition) is 3. The van der Waals surface area contributed by atoms with Crippen LogP contribution in [0.5, 0.6) is 0 Å². The average molecular weight is 361 g/mol. The summed E-state index contributed by atoms with van der Waals surface area (Å²) in [6, 6.07) is 3.60. The van der Waals surface area contributed by atoms with Gasteiger partial charge in [-0.05, 0) is 32.4 Å². The fourth-order valence-electron chi connectivity index (χ4n) is 3.18. The first-order valence-electron chi connectivity index (χ1n) is 8.11. The molecule has 0 fully saturated rings. The van der Waals surface area contributed by atoms with Gasteiger partial charge in [0.15, 0.2) is 11.4 Å². The third kappa shape index (κ3) is 3.89. The first-order chi connectivity index (χ1) is 11.7. The van der Waals surface area contributed by atoms with Gasteiger partial charge < -0.3 is 21.1 Å². The molecule has 8 heteroatoms. The Hall–Kier alpha value is -2.22. The van der Waals surface area contributed by atoms with Crippen LogP contribution in [0.2, 0.25) is 0 Å². The molecule has 3 rings (SSSR count). The second kappa shape index (κ2) is 6.25. The molecule has 4 N–H and O–H groups in total. The Labute approximate surface area is 151 Å². The van der Waals surface area contributed by atoms with E-state index in [9.17, 15) is 4.79 Å². The van der Waals surface area contributed by atoms with Gasteiger partial charge in [0.05, 0.1) is 5.69 Å². The smallest absolute Gasteiger partial charge is 0.275 e. The van der Waals surface area contributed by atoms with E-state index in [0.29, 0.717) is 16.6 Å². The normalized spacial score (nSPS) is 27.6. The van der Waals surface area contributed by atoms with Crippen LogP contribution in [0.25, 0.3) is 0 Å². The zero-order valence-electron chi connectivity index (χ0n) is 14.8. The standard InChI is InChI=1S/C17H23N5O2S/c1-10-20-12(8-24-10)14(23)21-11-5-6-19-13(7-11)17(4)9-16(2,3)25-15(18)22-17/h5-8,10,20H,9H2,1-4H3,(H2,18,22)(H,19,21,23)/t10?,17-/m0/s1. The maximum Gasteiger partial charge on any atom is 0.275 e. The number of nitrogens with one attached hydrogen (secondary N) is 2. The molecule has 7 nitrogen and oxygen atoms in total. The molecule has 1 unspecified atom stereocenters. The minimum atomic E-state index is -0.526. The lowest BCUT2D eigenvalue weighted by Crippen LogP contribution is -2.38. The Morgan fingerprint density at radius 2 is 2.24 bits per heavy atom. The molecule has 1 amide bonds. The second-order valence-corrected chi connectivity index (χ2v) is 8.83. The van der Waals surface area contributed by atoms with E-state index in [1.165, 1.54) is 6.26 Å². The van der Waals surface area contributed by atoms with Gasteiger partial charge in [0.2, 0.25) is 0 Å². The van der Waals surface area contributed by atoms with Gasteiger partial charge in [-0.25, -0.2) is 4.99 Å². The number of nitrogens with two attached hydrogens (primary N) is 1. The number of anilines is 1. The second-order valence-electron chi connectivity index (χ2n) is 7.10. The monoisotopic (exact) mass is 361 g/mol. The summed E-state index contributed by atoms with van der Waals surface area (Å²) < 4.78 is 5.18. The molecule has 2 aliphatic rings. The summed E-state index contributed by atoms with van der Waals surface area (Å²) in [5, 5.41) is 6.36. The third-order valence-electron chi connectivity index (χ3n) is 4.07. The molecular formula is C17H23N5O2S. The molecule has 0 aliphatic carbocycles. The van der Waals surface area contributed by atoms with Crippen LogP contribution in [-0.2, 0) is 15.1 Å². The summed E-state index contributed by atoms with van der Waals surface area (Å²) in [6.45, 7) is 8.13.